The van der Waals surface area contributed by atoms with E-state index in [-0.39, 0.29) is 16.6 Å². The van der Waals surface area contributed by atoms with Gasteiger partial charge in [-0.1, -0.05) is 42.5 Å². The lowest BCUT2D eigenvalue weighted by Crippen LogP contribution is -2.01. The van der Waals surface area contributed by atoms with Gasteiger partial charge in [-0.25, -0.2) is 23.1 Å². The van der Waals surface area contributed by atoms with Gasteiger partial charge in [0.15, 0.2) is 17.5 Å². The maximum absolute atomic E-state index is 14.8. The number of rotatable bonds is 3. The van der Waals surface area contributed by atoms with Gasteiger partial charge >= 0.3 is 0 Å². The highest BCUT2D eigenvalue weighted by molar-refractivity contribution is 5.94. The van der Waals surface area contributed by atoms with Gasteiger partial charge < -0.3 is 5.32 Å². The van der Waals surface area contributed by atoms with E-state index < -0.39 is 17.5 Å². The second-order valence-corrected chi connectivity index (χ2v) is 5.97. The Morgan fingerprint density at radius 2 is 1.56 bits per heavy atom. The van der Waals surface area contributed by atoms with Crippen LogP contribution in [0, 0.1) is 17.5 Å². The van der Waals surface area contributed by atoms with Gasteiger partial charge in [-0.15, -0.1) is 0 Å². The largest absolute Gasteiger partial charge is 0.373 e. The van der Waals surface area contributed by atoms with E-state index in [0.29, 0.717) is 17.0 Å². The van der Waals surface area contributed by atoms with Gasteiger partial charge in [0.25, 0.3) is 0 Å². The number of anilines is 1. The Balaban J connectivity index is 1.97. The van der Waals surface area contributed by atoms with Gasteiger partial charge in [0.05, 0.1) is 0 Å². The Kier molecular flexibility index (Phi) is 4.24. The maximum Gasteiger partial charge on any atom is 0.166 e. The molecule has 27 heavy (non-hydrogen) atoms. The predicted molar refractivity (Wildman–Crippen MR) is 99.8 cm³/mol. The zero-order valence-electron chi connectivity index (χ0n) is 14.3. The lowest BCUT2D eigenvalue weighted by atomic mass is 10.0. The van der Waals surface area contributed by atoms with Crippen LogP contribution in [0.15, 0.2) is 60.7 Å². The summed E-state index contributed by atoms with van der Waals surface area (Å²) in [5.74, 6) is -1.88. The lowest BCUT2D eigenvalue weighted by molar-refractivity contribution is 0.511. The Hall–Kier alpha value is -3.41. The Labute approximate surface area is 153 Å². The minimum absolute atomic E-state index is 0.0232. The van der Waals surface area contributed by atoms with Crippen LogP contribution in [0.25, 0.3) is 33.4 Å². The van der Waals surface area contributed by atoms with Crippen molar-refractivity contribution in [1.29, 1.82) is 0 Å². The van der Waals surface area contributed by atoms with Crippen LogP contribution in [0.2, 0.25) is 0 Å². The zero-order chi connectivity index (χ0) is 19.0. The third kappa shape index (κ3) is 2.99. The number of nitrogens with zero attached hydrogens (tertiary/aromatic N) is 2. The molecule has 0 amide bonds. The molecule has 0 radical (unpaired) electrons. The molecule has 0 saturated carbocycles. The van der Waals surface area contributed by atoms with Crippen molar-refractivity contribution in [3.8, 4) is 22.5 Å². The molecule has 1 N–H and O–H groups in total. The molecule has 6 heteroatoms. The molecule has 0 aliphatic carbocycles. The van der Waals surface area contributed by atoms with Gasteiger partial charge in [-0.05, 0) is 23.8 Å². The summed E-state index contributed by atoms with van der Waals surface area (Å²) >= 11 is 0. The molecule has 0 saturated heterocycles. The standard InChI is InChI=1S/C21H14F3N3/c1-25-21-15-10-13(14-8-5-9-16(22)18(14)24)11-17(23)19(15)26-20(27-21)12-6-3-2-4-7-12/h2-11H,1H3,(H,25,26,27). The smallest absolute Gasteiger partial charge is 0.166 e. The molecule has 0 aliphatic heterocycles. The fourth-order valence-electron chi connectivity index (χ4n) is 2.98. The summed E-state index contributed by atoms with van der Waals surface area (Å²) in [6.45, 7) is 0. The molecule has 0 aliphatic rings. The first-order valence-corrected chi connectivity index (χ1v) is 8.27. The number of fused-ring (bicyclic) bond motifs is 1. The Bertz CT molecular complexity index is 1140. The third-order valence-corrected chi connectivity index (χ3v) is 4.29. The van der Waals surface area contributed by atoms with Crippen molar-refractivity contribution < 1.29 is 13.2 Å². The molecule has 0 fully saturated rings. The van der Waals surface area contributed by atoms with Crippen molar-refractivity contribution in [3.63, 3.8) is 0 Å². The average molecular weight is 365 g/mol. The van der Waals surface area contributed by atoms with E-state index in [0.717, 1.165) is 17.7 Å². The SMILES string of the molecule is CNc1nc(-c2ccccc2)nc2c(F)cc(-c3cccc(F)c3F)cc12. The van der Waals surface area contributed by atoms with Crippen LogP contribution in [-0.4, -0.2) is 17.0 Å². The number of hydrogen-bond donors (Lipinski definition) is 1. The highest BCUT2D eigenvalue weighted by Gasteiger charge is 2.16. The van der Waals surface area contributed by atoms with Crippen molar-refractivity contribution in [1.82, 2.24) is 9.97 Å². The highest BCUT2D eigenvalue weighted by atomic mass is 19.2. The summed E-state index contributed by atoms with van der Waals surface area (Å²) in [7, 11) is 1.66. The molecule has 4 aromatic rings. The highest BCUT2D eigenvalue weighted by Crippen LogP contribution is 2.32. The topological polar surface area (TPSA) is 37.8 Å². The van der Waals surface area contributed by atoms with E-state index in [2.05, 4.69) is 15.3 Å². The molecule has 0 unspecified atom stereocenters. The minimum atomic E-state index is -1.02. The molecule has 134 valence electrons. The second-order valence-electron chi connectivity index (χ2n) is 5.97. The summed E-state index contributed by atoms with van der Waals surface area (Å²) in [6.07, 6.45) is 0. The molecule has 0 bridgehead atoms. The van der Waals surface area contributed by atoms with Gasteiger partial charge in [0.2, 0.25) is 0 Å². The predicted octanol–water partition coefficient (Wildman–Crippen LogP) is 5.42. The van der Waals surface area contributed by atoms with Gasteiger partial charge in [0, 0.05) is 23.6 Å². The van der Waals surface area contributed by atoms with E-state index in [9.17, 15) is 13.2 Å². The minimum Gasteiger partial charge on any atom is -0.373 e. The summed E-state index contributed by atoms with van der Waals surface area (Å²) in [6, 6.07) is 15.7. The summed E-state index contributed by atoms with van der Waals surface area (Å²) in [4.78, 5) is 8.78. The van der Waals surface area contributed by atoms with Crippen LogP contribution in [0.4, 0.5) is 19.0 Å². The van der Waals surface area contributed by atoms with E-state index >= 15 is 0 Å². The van der Waals surface area contributed by atoms with E-state index in [4.69, 9.17) is 0 Å². The third-order valence-electron chi connectivity index (χ3n) is 4.29. The fraction of sp³-hybridized carbons (Fsp3) is 0.0476. The molecule has 0 atom stereocenters. The van der Waals surface area contributed by atoms with Gasteiger partial charge in [-0.3, -0.25) is 0 Å². The first-order valence-electron chi connectivity index (χ1n) is 8.27. The molecular weight excluding hydrogens is 351 g/mol. The quantitative estimate of drug-likeness (QED) is 0.527. The second kappa shape index (κ2) is 6.72. The summed E-state index contributed by atoms with van der Waals surface area (Å²) < 4.78 is 42.5. The van der Waals surface area contributed by atoms with Crippen LogP contribution >= 0.6 is 0 Å². The number of nitrogens with one attached hydrogen (secondary N) is 1. The summed E-state index contributed by atoms with van der Waals surface area (Å²) in [5, 5.41) is 3.31. The maximum atomic E-state index is 14.8. The van der Waals surface area contributed by atoms with E-state index in [1.165, 1.54) is 12.1 Å². The Morgan fingerprint density at radius 3 is 2.30 bits per heavy atom. The van der Waals surface area contributed by atoms with Crippen LogP contribution in [0.5, 0.6) is 0 Å². The van der Waals surface area contributed by atoms with Gasteiger partial charge in [0.1, 0.15) is 17.2 Å². The normalized spacial score (nSPS) is 11.0. The number of aromatic nitrogens is 2. The van der Waals surface area contributed by atoms with Crippen LogP contribution in [0.1, 0.15) is 0 Å². The molecular formula is C21H14F3N3. The van der Waals surface area contributed by atoms with Crippen molar-refractivity contribution in [2.45, 2.75) is 0 Å². The molecule has 1 heterocycles. The number of halogens is 3. The zero-order valence-corrected chi connectivity index (χ0v) is 14.3. The monoisotopic (exact) mass is 365 g/mol. The summed E-state index contributed by atoms with van der Waals surface area (Å²) in [5.41, 5.74) is 1.04. The van der Waals surface area contributed by atoms with Crippen LogP contribution in [0.3, 0.4) is 0 Å². The van der Waals surface area contributed by atoms with Crippen molar-refractivity contribution in [2.24, 2.45) is 0 Å². The molecule has 1 aromatic heterocycles. The fourth-order valence-corrected chi connectivity index (χ4v) is 2.98. The molecule has 3 nitrogen and oxygen atoms in total. The number of hydrogen-bond acceptors (Lipinski definition) is 3. The Morgan fingerprint density at radius 1 is 0.778 bits per heavy atom. The van der Waals surface area contributed by atoms with Crippen molar-refractivity contribution in [3.05, 3.63) is 78.1 Å². The van der Waals surface area contributed by atoms with Crippen LogP contribution < -0.4 is 5.32 Å². The van der Waals surface area contributed by atoms with Gasteiger partial charge in [-0.2, -0.15) is 0 Å². The van der Waals surface area contributed by atoms with E-state index in [1.807, 2.05) is 30.3 Å². The van der Waals surface area contributed by atoms with Crippen LogP contribution in [-0.2, 0) is 0 Å². The molecule has 0 spiro atoms. The number of benzene rings is 3. The van der Waals surface area contributed by atoms with E-state index in [1.54, 1.807) is 13.1 Å². The first kappa shape index (κ1) is 17.0. The lowest BCUT2D eigenvalue weighted by Gasteiger charge is -2.11. The molecule has 3 aromatic carbocycles. The van der Waals surface area contributed by atoms with Crippen molar-refractivity contribution >= 4 is 16.7 Å². The average Bonchev–Trinajstić information content (AvgIpc) is 2.70. The van der Waals surface area contributed by atoms with Crippen molar-refractivity contribution in [2.75, 3.05) is 12.4 Å². The molecule has 4 rings (SSSR count). The first-order chi connectivity index (χ1) is 13.1.